The van der Waals surface area contributed by atoms with Crippen LogP contribution in [0.25, 0.3) is 106 Å². The highest BCUT2D eigenvalue weighted by molar-refractivity contribution is 6.12. The maximum Gasteiger partial charge on any atom is 0.0618 e. The number of hydrogen-bond donors (Lipinski definition) is 0. The molecule has 2 heteroatoms. The molecule has 2 nitrogen and oxygen atoms in total. The Bertz CT molecular complexity index is 4140. The first-order valence-electron chi connectivity index (χ1n) is 31.0. The molecule has 0 saturated carbocycles. The molecule has 416 valence electrons. The van der Waals surface area contributed by atoms with Crippen LogP contribution in [0.3, 0.4) is 0 Å². The van der Waals surface area contributed by atoms with Crippen molar-refractivity contribution < 1.29 is 0 Å². The summed E-state index contributed by atoms with van der Waals surface area (Å²) >= 11 is 0. The third-order valence-electron chi connectivity index (χ3n) is 18.1. The summed E-state index contributed by atoms with van der Waals surface area (Å²) in [5, 5.41) is 2.48. The van der Waals surface area contributed by atoms with Crippen LogP contribution >= 0.6 is 0 Å². The lowest BCUT2D eigenvalue weighted by Gasteiger charge is -2.35. The lowest BCUT2D eigenvalue weighted by atomic mass is 9.70. The van der Waals surface area contributed by atoms with E-state index in [1.165, 1.54) is 155 Å². The van der Waals surface area contributed by atoms with Gasteiger partial charge in [0, 0.05) is 44.4 Å². The highest BCUT2D eigenvalue weighted by Crippen LogP contribution is 2.57. The molecule has 13 rings (SSSR count). The number of para-hydroxylation sites is 1. The standard InChI is InChI=1S/C83H74N2/c1-5-9-11-22-53-83(54-23-12-10-6-2)78-57-70(84(69-45-41-62(42-46-69)61-25-16-13-17-26-61)82-72(65-27-18-14-19-28-65)31-24-32-73(82)66-29-20-15-21-30-66)47-49-74(78)75-50-48-71(58-79(75)83)85-80-51-43-67(63-37-33-59(7-3)34-38-63)55-76(80)77-56-68(44-52-81(77)85)64-39-35-60(8-4)36-40-64/h7-8,13-21,24-52,55-58H,3-6,9-12,22-23,53-54H2,1-2H3. The Hall–Kier alpha value is -9.50. The molecule has 0 radical (unpaired) electrons. The second-order valence-corrected chi connectivity index (χ2v) is 23.3. The summed E-state index contributed by atoms with van der Waals surface area (Å²) < 4.78 is 2.56. The smallest absolute Gasteiger partial charge is 0.0618 e. The average Bonchev–Trinajstić information content (AvgIpc) is 3.85. The molecule has 85 heavy (non-hydrogen) atoms. The van der Waals surface area contributed by atoms with E-state index < -0.39 is 0 Å². The summed E-state index contributed by atoms with van der Waals surface area (Å²) in [7, 11) is 0. The molecule has 1 aliphatic rings. The summed E-state index contributed by atoms with van der Waals surface area (Å²) in [6.07, 6.45) is 15.6. The van der Waals surface area contributed by atoms with E-state index in [1.54, 1.807) is 0 Å². The monoisotopic (exact) mass is 1100 g/mol. The van der Waals surface area contributed by atoms with Gasteiger partial charge in [0.2, 0.25) is 0 Å². The van der Waals surface area contributed by atoms with Crippen LogP contribution in [0.15, 0.2) is 268 Å². The first kappa shape index (κ1) is 54.7. The van der Waals surface area contributed by atoms with Crippen LogP contribution < -0.4 is 4.90 Å². The average molecular weight is 1100 g/mol. The van der Waals surface area contributed by atoms with Gasteiger partial charge in [0.15, 0.2) is 0 Å². The van der Waals surface area contributed by atoms with Crippen LogP contribution in [0.2, 0.25) is 0 Å². The fraction of sp³-hybridized carbons (Fsp3) is 0.157. The van der Waals surface area contributed by atoms with Crippen molar-refractivity contribution in [3.05, 3.63) is 290 Å². The van der Waals surface area contributed by atoms with Crippen LogP contribution in [0.1, 0.15) is 100 Å². The topological polar surface area (TPSA) is 8.17 Å². The van der Waals surface area contributed by atoms with Crippen LogP contribution in [-0.4, -0.2) is 4.57 Å². The first-order valence-corrected chi connectivity index (χ1v) is 31.0. The molecule has 0 saturated heterocycles. The highest BCUT2D eigenvalue weighted by atomic mass is 15.1. The van der Waals surface area contributed by atoms with Gasteiger partial charge in [0.25, 0.3) is 0 Å². The van der Waals surface area contributed by atoms with Crippen LogP contribution in [0.4, 0.5) is 17.1 Å². The zero-order valence-corrected chi connectivity index (χ0v) is 49.3. The molecule has 0 N–H and O–H groups in total. The van der Waals surface area contributed by atoms with Crippen molar-refractivity contribution in [2.75, 3.05) is 4.90 Å². The van der Waals surface area contributed by atoms with Crippen molar-refractivity contribution in [3.8, 4) is 72.4 Å². The predicted molar refractivity (Wildman–Crippen MR) is 367 cm³/mol. The van der Waals surface area contributed by atoms with Gasteiger partial charge in [0.05, 0.1) is 16.7 Å². The molecular weight excluding hydrogens is 1020 g/mol. The highest BCUT2D eigenvalue weighted by Gasteiger charge is 2.43. The fourth-order valence-corrected chi connectivity index (χ4v) is 13.7. The van der Waals surface area contributed by atoms with E-state index in [0.717, 1.165) is 42.5 Å². The van der Waals surface area contributed by atoms with Gasteiger partial charge in [-0.25, -0.2) is 0 Å². The molecular formula is C83H74N2. The Morgan fingerprint density at radius 1 is 0.353 bits per heavy atom. The van der Waals surface area contributed by atoms with Crippen molar-refractivity contribution in [1.29, 1.82) is 0 Å². The van der Waals surface area contributed by atoms with Crippen molar-refractivity contribution in [3.63, 3.8) is 0 Å². The first-order chi connectivity index (χ1) is 42.0. The van der Waals surface area contributed by atoms with Gasteiger partial charge >= 0.3 is 0 Å². The molecule has 0 fully saturated rings. The van der Waals surface area contributed by atoms with Crippen molar-refractivity contribution >= 4 is 51.0 Å². The van der Waals surface area contributed by atoms with Gasteiger partial charge in [0.1, 0.15) is 0 Å². The number of benzene rings is 11. The largest absolute Gasteiger partial charge is 0.309 e. The van der Waals surface area contributed by atoms with E-state index >= 15 is 0 Å². The van der Waals surface area contributed by atoms with Gasteiger partial charge in [-0.15, -0.1) is 0 Å². The molecule has 12 aromatic rings. The Kier molecular flexibility index (Phi) is 15.7. The number of rotatable bonds is 21. The minimum Gasteiger partial charge on any atom is -0.309 e. The Morgan fingerprint density at radius 3 is 1.27 bits per heavy atom. The third-order valence-corrected chi connectivity index (χ3v) is 18.1. The summed E-state index contributed by atoms with van der Waals surface area (Å²) in [6, 6.07) is 95.6. The number of nitrogens with zero attached hydrogens (tertiary/aromatic N) is 2. The van der Waals surface area contributed by atoms with Gasteiger partial charge in [-0.3, -0.25) is 0 Å². The third kappa shape index (κ3) is 10.6. The lowest BCUT2D eigenvalue weighted by Crippen LogP contribution is -2.26. The minimum absolute atomic E-state index is 0.226. The van der Waals surface area contributed by atoms with Gasteiger partial charge in [-0.2, -0.15) is 0 Å². The molecule has 0 bridgehead atoms. The van der Waals surface area contributed by atoms with Crippen LogP contribution in [0, 0.1) is 0 Å². The van der Waals surface area contributed by atoms with E-state index in [0.29, 0.717) is 0 Å². The quantitative estimate of drug-likeness (QED) is 0.0651. The summed E-state index contributed by atoms with van der Waals surface area (Å²) in [5.74, 6) is 0. The Labute approximate surface area is 503 Å². The molecule has 1 aliphatic carbocycles. The molecule has 0 aliphatic heterocycles. The van der Waals surface area contributed by atoms with Gasteiger partial charge < -0.3 is 9.47 Å². The van der Waals surface area contributed by atoms with Crippen molar-refractivity contribution in [2.45, 2.75) is 83.5 Å². The van der Waals surface area contributed by atoms with Crippen LogP contribution in [0.5, 0.6) is 0 Å². The van der Waals surface area contributed by atoms with E-state index in [1.807, 2.05) is 12.2 Å². The zero-order valence-electron chi connectivity index (χ0n) is 49.3. The van der Waals surface area contributed by atoms with E-state index in [-0.39, 0.29) is 5.41 Å². The molecule has 0 spiro atoms. The maximum absolute atomic E-state index is 4.03. The fourth-order valence-electron chi connectivity index (χ4n) is 13.7. The molecule has 1 heterocycles. The van der Waals surface area contributed by atoms with Crippen molar-refractivity contribution in [1.82, 2.24) is 4.57 Å². The van der Waals surface area contributed by atoms with Crippen LogP contribution in [-0.2, 0) is 5.41 Å². The summed E-state index contributed by atoms with van der Waals surface area (Å²) in [6.45, 7) is 12.7. The Balaban J connectivity index is 1.03. The second kappa shape index (κ2) is 24.4. The number of anilines is 3. The predicted octanol–water partition coefficient (Wildman–Crippen LogP) is 24.1. The normalized spacial score (nSPS) is 12.3. The zero-order chi connectivity index (χ0) is 57.7. The lowest BCUT2D eigenvalue weighted by molar-refractivity contribution is 0.401. The van der Waals surface area contributed by atoms with E-state index in [9.17, 15) is 0 Å². The van der Waals surface area contributed by atoms with Gasteiger partial charge in [-0.1, -0.05) is 285 Å². The number of aromatic nitrogens is 1. The van der Waals surface area contributed by atoms with Crippen molar-refractivity contribution in [2.24, 2.45) is 0 Å². The number of hydrogen-bond acceptors (Lipinski definition) is 1. The minimum atomic E-state index is -0.226. The molecule has 11 aromatic carbocycles. The Morgan fingerprint density at radius 2 is 0.776 bits per heavy atom. The maximum atomic E-state index is 4.03. The summed E-state index contributed by atoms with van der Waals surface area (Å²) in [5.41, 5.74) is 26.7. The number of unbranched alkanes of at least 4 members (excludes halogenated alkanes) is 6. The molecule has 0 amide bonds. The second-order valence-electron chi connectivity index (χ2n) is 23.3. The van der Waals surface area contributed by atoms with E-state index in [2.05, 4.69) is 291 Å². The van der Waals surface area contributed by atoms with E-state index in [4.69, 9.17) is 0 Å². The SMILES string of the molecule is C=Cc1ccc(-c2ccc3c(c2)c2cc(-c4ccc(C=C)cc4)ccc2n3-c2ccc3c(c2)C(CCCCCC)(CCCCCC)c2cc(N(c4ccc(-c5ccccc5)cc4)c4c(-c5ccccc5)cccc4-c4ccccc4)ccc2-3)cc1. The number of fused-ring (bicyclic) bond motifs is 6. The molecule has 0 unspecified atom stereocenters. The van der Waals surface area contributed by atoms with Gasteiger partial charge in [-0.05, 0) is 151 Å². The summed E-state index contributed by atoms with van der Waals surface area (Å²) in [4.78, 5) is 2.58. The molecule has 1 aromatic heterocycles. The molecule has 0 atom stereocenters.